The normalized spacial score (nSPS) is 23.7. The van der Waals surface area contributed by atoms with Gasteiger partial charge in [0.1, 0.15) is 0 Å². The van der Waals surface area contributed by atoms with Crippen molar-refractivity contribution in [2.24, 2.45) is 23.0 Å². The van der Waals surface area contributed by atoms with Gasteiger partial charge in [-0.25, -0.2) is 0 Å². The smallest absolute Gasteiger partial charge is 0.307 e. The van der Waals surface area contributed by atoms with Gasteiger partial charge in [0.2, 0.25) is 5.91 Å². The van der Waals surface area contributed by atoms with Crippen LogP contribution in [-0.4, -0.2) is 71.8 Å². The number of piperidine rings is 3. The number of carboxylic acids is 2. The lowest BCUT2D eigenvalue weighted by molar-refractivity contribution is -0.945. The van der Waals surface area contributed by atoms with E-state index in [4.69, 9.17) is 5.73 Å². The number of unbranched alkanes of at least 4 members (excludes halogenated alkanes) is 4. The Morgan fingerprint density at radius 3 is 2.05 bits per heavy atom. The molecule has 2 atom stereocenters. The van der Waals surface area contributed by atoms with Crippen molar-refractivity contribution in [2.45, 2.75) is 70.6 Å². The molecule has 3 heterocycles. The molecule has 3 aliphatic rings. The summed E-state index contributed by atoms with van der Waals surface area (Å²) in [6.07, 6.45) is 9.69. The molecule has 38 heavy (non-hydrogen) atoms. The molecular formula is C29H46ClN3O5. The third-order valence-corrected chi connectivity index (χ3v) is 8.92. The molecule has 8 nitrogen and oxygen atoms in total. The number of hydrogen-bond acceptors (Lipinski definition) is 4. The first-order valence-electron chi connectivity index (χ1n) is 14.1. The lowest BCUT2D eigenvalue weighted by Gasteiger charge is -2.54. The van der Waals surface area contributed by atoms with E-state index in [2.05, 4.69) is 5.32 Å². The molecule has 3 saturated heterocycles. The number of carbonyl (C=O) groups is 3. The lowest BCUT2D eigenvalue weighted by Crippen LogP contribution is -3.00. The predicted molar refractivity (Wildman–Crippen MR) is 143 cm³/mol. The molecule has 3 fully saturated rings. The van der Waals surface area contributed by atoms with Crippen LogP contribution in [0.3, 0.4) is 0 Å². The van der Waals surface area contributed by atoms with Gasteiger partial charge in [0.25, 0.3) is 0 Å². The van der Waals surface area contributed by atoms with Gasteiger partial charge in [-0.2, -0.15) is 0 Å². The van der Waals surface area contributed by atoms with Gasteiger partial charge < -0.3 is 38.2 Å². The monoisotopic (exact) mass is 551 g/mol. The number of nitrogens with zero attached hydrogens (tertiary/aromatic N) is 1. The van der Waals surface area contributed by atoms with E-state index in [0.29, 0.717) is 25.9 Å². The maximum atomic E-state index is 12.2. The van der Waals surface area contributed by atoms with Crippen molar-refractivity contribution in [1.29, 1.82) is 0 Å². The van der Waals surface area contributed by atoms with Gasteiger partial charge in [0.15, 0.2) is 0 Å². The van der Waals surface area contributed by atoms with Crippen molar-refractivity contribution >= 4 is 17.8 Å². The molecule has 0 aliphatic carbocycles. The number of nitrogens with two attached hydrogens (primary N) is 1. The fraction of sp³-hybridized carbons (Fsp3) is 0.690. The van der Waals surface area contributed by atoms with Crippen molar-refractivity contribution in [3.05, 3.63) is 35.9 Å². The Labute approximate surface area is 233 Å². The summed E-state index contributed by atoms with van der Waals surface area (Å²) in [6, 6.07) is 9.27. The highest BCUT2D eigenvalue weighted by Gasteiger charge is 2.49. The van der Waals surface area contributed by atoms with Crippen LogP contribution in [0.4, 0.5) is 0 Å². The highest BCUT2D eigenvalue weighted by atomic mass is 35.5. The molecule has 1 aromatic rings. The molecule has 3 aliphatic heterocycles. The molecule has 0 radical (unpaired) electrons. The minimum atomic E-state index is -1.03. The summed E-state index contributed by atoms with van der Waals surface area (Å²) in [7, 11) is 0. The average molecular weight is 552 g/mol. The number of carbonyl (C=O) groups excluding carboxylic acids is 1. The van der Waals surface area contributed by atoms with E-state index in [0.717, 1.165) is 56.9 Å². The minimum absolute atomic E-state index is 0. The van der Waals surface area contributed by atoms with Crippen LogP contribution in [0.2, 0.25) is 0 Å². The number of nitrogens with one attached hydrogen (secondary N) is 1. The van der Waals surface area contributed by atoms with Crippen LogP contribution < -0.4 is 23.5 Å². The van der Waals surface area contributed by atoms with E-state index < -0.39 is 23.8 Å². The zero-order valence-corrected chi connectivity index (χ0v) is 23.3. The number of benzene rings is 1. The molecule has 1 amide bonds. The van der Waals surface area contributed by atoms with Crippen molar-refractivity contribution in [3.63, 3.8) is 0 Å². The SMILES string of the molecule is NCCNC(=O)CC12CC[N+](CCCCCCC[C@H](C(=O)O)[C@H](Cc3ccccc3)C(=O)O)(CC1)CC2.[Cl-]. The van der Waals surface area contributed by atoms with Gasteiger partial charge in [-0.1, -0.05) is 49.6 Å². The molecule has 0 unspecified atom stereocenters. The molecule has 4 rings (SSSR count). The van der Waals surface area contributed by atoms with E-state index in [1.54, 1.807) is 0 Å². The number of fused-ring (bicyclic) bond motifs is 3. The van der Waals surface area contributed by atoms with Crippen LogP contribution in [0.25, 0.3) is 0 Å². The van der Waals surface area contributed by atoms with Crippen molar-refractivity contribution in [3.8, 4) is 0 Å². The highest BCUT2D eigenvalue weighted by molar-refractivity contribution is 5.80. The Morgan fingerprint density at radius 1 is 0.895 bits per heavy atom. The highest BCUT2D eigenvalue weighted by Crippen LogP contribution is 2.46. The molecule has 9 heteroatoms. The first-order chi connectivity index (χ1) is 17.8. The van der Waals surface area contributed by atoms with E-state index in [1.807, 2.05) is 30.3 Å². The predicted octanol–water partition coefficient (Wildman–Crippen LogP) is 0.441. The third kappa shape index (κ3) is 9.24. The Bertz CT molecular complexity index is 873. The number of halogens is 1. The standard InChI is InChI=1S/C29H45N3O5.ClH/c30-15-16-31-26(33)22-29-12-18-32(19-13-29,20-14-29)17-8-3-1-2-7-11-24(27(34)35)25(28(36)37)21-23-9-5-4-6-10-23;/h4-6,9-10,24-25H,1-3,7-8,11-22,30H2,(H2-,31,33,34,35,36,37);1H/t24-,25-,29?,32?;/m0./s1. The van der Waals surface area contributed by atoms with Crippen molar-refractivity contribution < 1.29 is 41.5 Å². The van der Waals surface area contributed by atoms with Gasteiger partial charge in [-0.15, -0.1) is 0 Å². The van der Waals surface area contributed by atoms with Gasteiger partial charge in [-0.05, 0) is 36.7 Å². The Kier molecular flexibility index (Phi) is 13.0. The third-order valence-electron chi connectivity index (χ3n) is 8.92. The number of carboxylic acid groups (broad SMARTS) is 2. The molecule has 2 bridgehead atoms. The van der Waals surface area contributed by atoms with E-state index in [9.17, 15) is 24.6 Å². The molecule has 0 aromatic heterocycles. The summed E-state index contributed by atoms with van der Waals surface area (Å²) >= 11 is 0. The largest absolute Gasteiger partial charge is 1.00 e. The first-order valence-corrected chi connectivity index (χ1v) is 14.1. The Morgan fingerprint density at radius 2 is 1.47 bits per heavy atom. The molecule has 1 aromatic carbocycles. The molecule has 5 N–H and O–H groups in total. The summed E-state index contributed by atoms with van der Waals surface area (Å²) in [5.41, 5.74) is 6.54. The minimum Gasteiger partial charge on any atom is -1.00 e. The summed E-state index contributed by atoms with van der Waals surface area (Å²) in [4.78, 5) is 36.0. The lowest BCUT2D eigenvalue weighted by atomic mass is 9.68. The molecular weight excluding hydrogens is 506 g/mol. The second-order valence-electron chi connectivity index (χ2n) is 11.4. The second kappa shape index (κ2) is 15.4. The number of aliphatic carboxylic acids is 2. The van der Waals surface area contributed by atoms with E-state index in [-0.39, 0.29) is 30.2 Å². The quantitative estimate of drug-likeness (QED) is 0.164. The van der Waals surface area contributed by atoms with Crippen LogP contribution >= 0.6 is 0 Å². The zero-order valence-electron chi connectivity index (χ0n) is 22.6. The zero-order chi connectivity index (χ0) is 26.7. The van der Waals surface area contributed by atoms with Gasteiger partial charge in [-0.3, -0.25) is 14.4 Å². The maximum Gasteiger partial charge on any atom is 0.307 e. The number of hydrogen-bond donors (Lipinski definition) is 4. The van der Waals surface area contributed by atoms with Gasteiger partial charge >= 0.3 is 11.9 Å². The molecule has 0 saturated carbocycles. The maximum absolute atomic E-state index is 12.2. The average Bonchev–Trinajstić information content (AvgIpc) is 2.89. The van der Waals surface area contributed by atoms with Crippen LogP contribution in [0.15, 0.2) is 30.3 Å². The van der Waals surface area contributed by atoms with Crippen LogP contribution in [0, 0.1) is 17.3 Å². The fourth-order valence-electron chi connectivity index (χ4n) is 6.46. The number of amides is 1. The summed E-state index contributed by atoms with van der Waals surface area (Å²) in [5.74, 6) is -3.67. The van der Waals surface area contributed by atoms with Crippen molar-refractivity contribution in [2.75, 3.05) is 39.3 Å². The van der Waals surface area contributed by atoms with Crippen LogP contribution in [0.5, 0.6) is 0 Å². The van der Waals surface area contributed by atoms with E-state index >= 15 is 0 Å². The Balaban J connectivity index is 0.00000507. The van der Waals surface area contributed by atoms with E-state index in [1.165, 1.54) is 30.7 Å². The van der Waals surface area contributed by atoms with Crippen LogP contribution in [0.1, 0.15) is 69.8 Å². The Hall–Kier alpha value is -2.16. The topological polar surface area (TPSA) is 130 Å². The van der Waals surface area contributed by atoms with Gasteiger partial charge in [0, 0.05) is 38.8 Å². The summed E-state index contributed by atoms with van der Waals surface area (Å²) in [5, 5.41) is 22.4. The second-order valence-corrected chi connectivity index (χ2v) is 11.4. The van der Waals surface area contributed by atoms with Gasteiger partial charge in [0.05, 0.1) is 38.0 Å². The van der Waals surface area contributed by atoms with Crippen LogP contribution in [-0.2, 0) is 20.8 Å². The number of rotatable bonds is 17. The summed E-state index contributed by atoms with van der Waals surface area (Å²) < 4.78 is 1.19. The summed E-state index contributed by atoms with van der Waals surface area (Å²) in [6.45, 7) is 5.73. The van der Waals surface area contributed by atoms with Crippen molar-refractivity contribution in [1.82, 2.24) is 5.32 Å². The number of quaternary nitrogens is 1. The molecule has 214 valence electrons. The first kappa shape index (κ1) is 32.1. The molecule has 0 spiro atoms. The fourth-order valence-corrected chi connectivity index (χ4v) is 6.46.